The highest BCUT2D eigenvalue weighted by atomic mass is 16.5. The second kappa shape index (κ2) is 8.68. The van der Waals surface area contributed by atoms with E-state index in [0.717, 1.165) is 44.2 Å². The highest BCUT2D eigenvalue weighted by molar-refractivity contribution is 6.10. The number of carbonyl (C=O) groups excluding carboxylic acids is 1. The molecule has 2 N–H and O–H groups in total. The van der Waals surface area contributed by atoms with E-state index in [4.69, 9.17) is 10.5 Å². The monoisotopic (exact) mass is 491 g/mol. The molecule has 37 heavy (non-hydrogen) atoms. The van der Waals surface area contributed by atoms with E-state index in [1.54, 1.807) is 27.8 Å². The molecule has 184 valence electrons. The Morgan fingerprint density at radius 2 is 1.95 bits per heavy atom. The van der Waals surface area contributed by atoms with Gasteiger partial charge in [-0.15, -0.1) is 0 Å². The maximum Gasteiger partial charge on any atom is 0.254 e. The van der Waals surface area contributed by atoms with Crippen LogP contribution in [0.5, 0.6) is 5.75 Å². The Bertz CT molecular complexity index is 1760. The van der Waals surface area contributed by atoms with E-state index in [9.17, 15) is 4.79 Å². The van der Waals surface area contributed by atoms with Gasteiger partial charge in [-0.25, -0.2) is 4.98 Å². The Hall–Kier alpha value is -4.84. The molecule has 9 nitrogen and oxygen atoms in total. The molecule has 3 aromatic heterocycles. The zero-order chi connectivity index (χ0) is 25.7. The summed E-state index contributed by atoms with van der Waals surface area (Å²) in [5, 5.41) is 10.1. The lowest BCUT2D eigenvalue weighted by Gasteiger charge is -2.27. The van der Waals surface area contributed by atoms with Gasteiger partial charge in [-0.05, 0) is 37.3 Å². The van der Waals surface area contributed by atoms with Gasteiger partial charge in [0.2, 0.25) is 0 Å². The minimum Gasteiger partial charge on any atom is -0.491 e. The number of fused-ring (bicyclic) bond motifs is 4. The van der Waals surface area contributed by atoms with Gasteiger partial charge in [-0.2, -0.15) is 10.2 Å². The number of aryl methyl sites for hydroxylation is 2. The molecule has 6 rings (SSSR count). The van der Waals surface area contributed by atoms with Gasteiger partial charge in [0.25, 0.3) is 5.91 Å². The number of pyridine rings is 1. The number of rotatable bonds is 3. The van der Waals surface area contributed by atoms with E-state index in [1.807, 2.05) is 62.4 Å². The summed E-state index contributed by atoms with van der Waals surface area (Å²) in [7, 11) is 3.72. The van der Waals surface area contributed by atoms with Gasteiger partial charge in [-0.1, -0.05) is 17.9 Å². The number of likely N-dealkylation sites (N-methyl/N-ethyl adjacent to an activating group) is 1. The third kappa shape index (κ3) is 3.83. The molecule has 0 aliphatic carbocycles. The van der Waals surface area contributed by atoms with Gasteiger partial charge >= 0.3 is 0 Å². The molecule has 1 aliphatic rings. The first-order valence-corrected chi connectivity index (χ1v) is 12.0. The van der Waals surface area contributed by atoms with E-state index >= 15 is 0 Å². The Morgan fingerprint density at radius 1 is 1.11 bits per heavy atom. The fourth-order valence-corrected chi connectivity index (χ4v) is 4.92. The maximum absolute atomic E-state index is 13.7. The molecular weight excluding hydrogens is 466 g/mol. The van der Waals surface area contributed by atoms with Crippen LogP contribution in [0.25, 0.3) is 21.8 Å². The summed E-state index contributed by atoms with van der Waals surface area (Å²) in [6.45, 7) is 2.91. The van der Waals surface area contributed by atoms with E-state index in [2.05, 4.69) is 27.0 Å². The Balaban J connectivity index is 1.31. The molecule has 0 bridgehead atoms. The van der Waals surface area contributed by atoms with Crippen molar-refractivity contribution >= 4 is 33.5 Å². The number of nitrogen functional groups attached to an aromatic ring is 1. The molecule has 0 saturated carbocycles. The standard InChI is InChI=1S/C28H25N7O2/c1-4-35(24-16-37-25-11-17(7-9-20(24)25)5-6-18-13-30-33(2)15-18)28(36)19-8-10-23-21(12-19)26-22(27(29)32-23)14-31-34(26)3/h7-15,24H,4,16H2,1-3H3,(H2,29,32). The third-order valence-corrected chi connectivity index (χ3v) is 6.76. The quantitative estimate of drug-likeness (QED) is 0.388. The average molecular weight is 492 g/mol. The van der Waals surface area contributed by atoms with Crippen LogP contribution >= 0.6 is 0 Å². The van der Waals surface area contributed by atoms with Crippen molar-refractivity contribution in [2.45, 2.75) is 13.0 Å². The highest BCUT2D eigenvalue weighted by Crippen LogP contribution is 2.37. The molecule has 1 aliphatic heterocycles. The second-order valence-corrected chi connectivity index (χ2v) is 9.08. The van der Waals surface area contributed by atoms with Crippen LogP contribution < -0.4 is 10.5 Å². The van der Waals surface area contributed by atoms with E-state index < -0.39 is 0 Å². The normalized spacial score (nSPS) is 14.3. The number of nitrogens with zero attached hydrogens (tertiary/aromatic N) is 6. The number of benzene rings is 2. The van der Waals surface area contributed by atoms with Crippen LogP contribution in [-0.2, 0) is 14.1 Å². The smallest absolute Gasteiger partial charge is 0.254 e. The molecule has 0 fully saturated rings. The Morgan fingerprint density at radius 3 is 2.73 bits per heavy atom. The van der Waals surface area contributed by atoms with Crippen molar-refractivity contribution in [1.82, 2.24) is 29.4 Å². The minimum atomic E-state index is -0.190. The van der Waals surface area contributed by atoms with Crippen molar-refractivity contribution in [1.29, 1.82) is 0 Å². The van der Waals surface area contributed by atoms with Crippen LogP contribution in [0.1, 0.15) is 40.0 Å². The second-order valence-electron chi connectivity index (χ2n) is 9.08. The van der Waals surface area contributed by atoms with Crippen molar-refractivity contribution in [2.75, 3.05) is 18.9 Å². The number of carbonyl (C=O) groups is 1. The third-order valence-electron chi connectivity index (χ3n) is 6.76. The summed E-state index contributed by atoms with van der Waals surface area (Å²) in [4.78, 5) is 20.1. The van der Waals surface area contributed by atoms with Crippen LogP contribution in [0, 0.1) is 11.8 Å². The van der Waals surface area contributed by atoms with Crippen molar-refractivity contribution < 1.29 is 9.53 Å². The van der Waals surface area contributed by atoms with E-state index in [1.165, 1.54) is 0 Å². The number of nitrogens with two attached hydrogens (primary N) is 1. The highest BCUT2D eigenvalue weighted by Gasteiger charge is 2.32. The number of hydrogen-bond acceptors (Lipinski definition) is 6. The van der Waals surface area contributed by atoms with Crippen LogP contribution in [0.3, 0.4) is 0 Å². The number of amides is 1. The largest absolute Gasteiger partial charge is 0.491 e. The summed E-state index contributed by atoms with van der Waals surface area (Å²) >= 11 is 0. The molecule has 0 spiro atoms. The van der Waals surface area contributed by atoms with Crippen LogP contribution in [0.15, 0.2) is 55.0 Å². The summed E-state index contributed by atoms with van der Waals surface area (Å²) in [5.41, 5.74) is 11.0. The number of hydrogen-bond donors (Lipinski definition) is 1. The lowest BCUT2D eigenvalue weighted by Crippen LogP contribution is -2.35. The van der Waals surface area contributed by atoms with Gasteiger partial charge in [0, 0.05) is 48.9 Å². The number of aromatic nitrogens is 5. The molecule has 2 aromatic carbocycles. The zero-order valence-electron chi connectivity index (χ0n) is 20.8. The van der Waals surface area contributed by atoms with Crippen molar-refractivity contribution in [2.24, 2.45) is 14.1 Å². The van der Waals surface area contributed by atoms with Crippen LogP contribution in [0.2, 0.25) is 0 Å². The first-order chi connectivity index (χ1) is 17.9. The summed E-state index contributed by atoms with van der Waals surface area (Å²) in [5.74, 6) is 7.39. The van der Waals surface area contributed by atoms with Crippen molar-refractivity contribution in [3.63, 3.8) is 0 Å². The van der Waals surface area contributed by atoms with Gasteiger partial charge in [0.05, 0.1) is 40.4 Å². The van der Waals surface area contributed by atoms with E-state index in [-0.39, 0.29) is 11.9 Å². The molecule has 1 atom stereocenters. The van der Waals surface area contributed by atoms with Gasteiger partial charge in [0.1, 0.15) is 18.2 Å². The van der Waals surface area contributed by atoms with E-state index in [0.29, 0.717) is 24.5 Å². The van der Waals surface area contributed by atoms with Gasteiger partial charge in [0.15, 0.2) is 0 Å². The molecule has 0 radical (unpaired) electrons. The fraction of sp³-hybridized carbons (Fsp3) is 0.214. The predicted molar refractivity (Wildman–Crippen MR) is 141 cm³/mol. The van der Waals surface area contributed by atoms with Gasteiger partial charge < -0.3 is 15.4 Å². The van der Waals surface area contributed by atoms with Gasteiger partial charge in [-0.3, -0.25) is 14.2 Å². The Labute approximate surface area is 213 Å². The lowest BCUT2D eigenvalue weighted by molar-refractivity contribution is 0.0663. The molecular formula is C28H25N7O2. The maximum atomic E-state index is 13.7. The number of ether oxygens (including phenoxy) is 1. The molecule has 5 aromatic rings. The Kier molecular flexibility index (Phi) is 5.30. The SMILES string of the molecule is CCN(C(=O)c1ccc2nc(N)c3cnn(C)c3c2c1)C1COc2cc(C#Cc3cnn(C)c3)ccc21. The summed E-state index contributed by atoms with van der Waals surface area (Å²) < 4.78 is 9.49. The van der Waals surface area contributed by atoms with Crippen molar-refractivity contribution in [3.05, 3.63) is 77.2 Å². The minimum absolute atomic E-state index is 0.0709. The topological polar surface area (TPSA) is 104 Å². The average Bonchev–Trinajstić information content (AvgIpc) is 3.62. The van der Waals surface area contributed by atoms with Crippen molar-refractivity contribution in [3.8, 4) is 17.6 Å². The molecule has 0 saturated heterocycles. The molecule has 4 heterocycles. The first-order valence-electron chi connectivity index (χ1n) is 12.0. The summed E-state index contributed by atoms with van der Waals surface area (Å²) in [6, 6.07) is 11.2. The first kappa shape index (κ1) is 22.6. The van der Waals surface area contributed by atoms with Crippen LogP contribution in [0.4, 0.5) is 5.82 Å². The molecule has 9 heteroatoms. The summed E-state index contributed by atoms with van der Waals surface area (Å²) in [6.07, 6.45) is 5.30. The lowest BCUT2D eigenvalue weighted by atomic mass is 10.0. The van der Waals surface area contributed by atoms with Crippen LogP contribution in [-0.4, -0.2) is 48.5 Å². The molecule has 1 amide bonds. The fourth-order valence-electron chi connectivity index (χ4n) is 4.92. The predicted octanol–water partition coefficient (Wildman–Crippen LogP) is 3.43. The molecule has 1 unspecified atom stereocenters. The number of anilines is 1. The zero-order valence-corrected chi connectivity index (χ0v) is 20.8.